The smallest absolute Gasteiger partial charge is 0.406 e. The number of aryl methyl sites for hydroxylation is 1. The Morgan fingerprint density at radius 1 is 0.778 bits per heavy atom. The molecule has 6 heteroatoms. The molecule has 1 saturated carbocycles. The molecule has 0 heterocycles. The van der Waals surface area contributed by atoms with Gasteiger partial charge in [0, 0.05) is 0 Å². The molecule has 194 valence electrons. The maximum Gasteiger partial charge on any atom is 0.573 e. The molecule has 1 nitrogen and oxygen atoms in total. The van der Waals surface area contributed by atoms with Gasteiger partial charge in [0.15, 0.2) is 0 Å². The van der Waals surface area contributed by atoms with Crippen LogP contribution < -0.4 is 4.74 Å². The van der Waals surface area contributed by atoms with Crippen molar-refractivity contribution >= 4 is 10.8 Å². The van der Waals surface area contributed by atoms with Crippen LogP contribution >= 0.6 is 0 Å². The molecule has 1 fully saturated rings. The number of benzene rings is 3. The van der Waals surface area contributed by atoms with Crippen molar-refractivity contribution in [3.63, 3.8) is 0 Å². The van der Waals surface area contributed by atoms with Crippen molar-refractivity contribution < 1.29 is 26.7 Å². The summed E-state index contributed by atoms with van der Waals surface area (Å²) in [6.07, 6.45) is 6.96. The predicted octanol–water partition coefficient (Wildman–Crippen LogP) is 10.0. The molecule has 0 radical (unpaired) electrons. The highest BCUT2D eigenvalue weighted by molar-refractivity contribution is 5.88. The molecule has 0 amide bonds. The standard InChI is InChI=1S/C30H33F5O/c1-2-3-4-5-20-6-8-21(9-7-20)10-11-22-16-27(31)29(28(32)17-22)25-13-12-24-19-26(36-30(33,34)35)15-14-23(24)18-25/h12-21H,2-11H2,1H3/t20-,21-. The van der Waals surface area contributed by atoms with Gasteiger partial charge < -0.3 is 4.74 Å². The van der Waals surface area contributed by atoms with Crippen LogP contribution in [0.1, 0.15) is 70.3 Å². The molecular formula is C30H33F5O. The lowest BCUT2D eigenvalue weighted by atomic mass is 9.77. The first-order chi connectivity index (χ1) is 17.2. The van der Waals surface area contributed by atoms with Gasteiger partial charge in [0.05, 0.1) is 5.56 Å². The summed E-state index contributed by atoms with van der Waals surface area (Å²) >= 11 is 0. The van der Waals surface area contributed by atoms with E-state index in [-0.39, 0.29) is 11.3 Å². The van der Waals surface area contributed by atoms with Gasteiger partial charge in [0.1, 0.15) is 17.4 Å². The predicted molar refractivity (Wildman–Crippen MR) is 134 cm³/mol. The van der Waals surface area contributed by atoms with Crippen LogP contribution in [-0.4, -0.2) is 6.36 Å². The largest absolute Gasteiger partial charge is 0.573 e. The average Bonchev–Trinajstić information content (AvgIpc) is 2.82. The van der Waals surface area contributed by atoms with Crippen molar-refractivity contribution in [3.8, 4) is 16.9 Å². The van der Waals surface area contributed by atoms with Crippen molar-refractivity contribution in [2.24, 2.45) is 11.8 Å². The fourth-order valence-electron chi connectivity index (χ4n) is 5.48. The Morgan fingerprint density at radius 3 is 2.03 bits per heavy atom. The highest BCUT2D eigenvalue weighted by Crippen LogP contribution is 2.36. The molecule has 0 N–H and O–H groups in total. The summed E-state index contributed by atoms with van der Waals surface area (Å²) in [6, 6.07) is 11.3. The van der Waals surface area contributed by atoms with E-state index >= 15 is 8.78 Å². The van der Waals surface area contributed by atoms with Crippen molar-refractivity contribution in [1.82, 2.24) is 0 Å². The molecular weight excluding hydrogens is 471 g/mol. The molecule has 0 spiro atoms. The van der Waals surface area contributed by atoms with E-state index in [0.29, 0.717) is 34.2 Å². The van der Waals surface area contributed by atoms with Gasteiger partial charge in [-0.05, 0) is 76.9 Å². The first kappa shape index (κ1) is 26.4. The van der Waals surface area contributed by atoms with Crippen molar-refractivity contribution in [1.29, 1.82) is 0 Å². The van der Waals surface area contributed by atoms with Crippen molar-refractivity contribution in [2.75, 3.05) is 0 Å². The summed E-state index contributed by atoms with van der Waals surface area (Å²) in [5.74, 6) is -0.130. The van der Waals surface area contributed by atoms with Gasteiger partial charge in [0.25, 0.3) is 0 Å². The second kappa shape index (κ2) is 11.6. The minimum absolute atomic E-state index is 0.121. The van der Waals surface area contributed by atoms with Gasteiger partial charge in [-0.25, -0.2) is 8.78 Å². The highest BCUT2D eigenvalue weighted by Gasteiger charge is 2.31. The summed E-state index contributed by atoms with van der Waals surface area (Å²) in [5, 5.41) is 1.05. The molecule has 3 aromatic carbocycles. The zero-order valence-electron chi connectivity index (χ0n) is 20.6. The highest BCUT2D eigenvalue weighted by atomic mass is 19.4. The Labute approximate surface area is 209 Å². The molecule has 3 aromatic rings. The number of ether oxygens (including phenoxy) is 1. The van der Waals surface area contributed by atoms with Gasteiger partial charge in [-0.2, -0.15) is 0 Å². The first-order valence-corrected chi connectivity index (χ1v) is 13.0. The van der Waals surface area contributed by atoms with Crippen molar-refractivity contribution in [3.05, 3.63) is 65.7 Å². The third-order valence-electron chi connectivity index (χ3n) is 7.46. The topological polar surface area (TPSA) is 9.23 Å². The third kappa shape index (κ3) is 6.98. The third-order valence-corrected chi connectivity index (χ3v) is 7.46. The molecule has 1 aliphatic carbocycles. The van der Waals surface area contributed by atoms with E-state index in [1.165, 1.54) is 87.8 Å². The Balaban J connectivity index is 1.40. The molecule has 0 bridgehead atoms. The van der Waals surface area contributed by atoms with E-state index in [1.807, 2.05) is 0 Å². The van der Waals surface area contributed by atoms with Gasteiger partial charge in [0.2, 0.25) is 0 Å². The molecule has 0 aromatic heterocycles. The summed E-state index contributed by atoms with van der Waals surface area (Å²) in [4.78, 5) is 0. The summed E-state index contributed by atoms with van der Waals surface area (Å²) < 4.78 is 71.4. The number of fused-ring (bicyclic) bond motifs is 1. The van der Waals surface area contributed by atoms with Gasteiger partial charge >= 0.3 is 6.36 Å². The van der Waals surface area contributed by atoms with Crippen molar-refractivity contribution in [2.45, 2.75) is 77.5 Å². The normalized spacial score (nSPS) is 18.5. The van der Waals surface area contributed by atoms with Crippen LogP contribution in [0.2, 0.25) is 0 Å². The van der Waals surface area contributed by atoms with E-state index in [0.717, 1.165) is 12.3 Å². The van der Waals surface area contributed by atoms with Crippen LogP contribution in [0, 0.1) is 23.5 Å². The summed E-state index contributed by atoms with van der Waals surface area (Å²) in [7, 11) is 0. The molecule has 0 atom stereocenters. The number of alkyl halides is 3. The Kier molecular flexibility index (Phi) is 8.53. The molecule has 1 aliphatic rings. The summed E-state index contributed by atoms with van der Waals surface area (Å²) in [6.45, 7) is 2.23. The maximum absolute atomic E-state index is 15.0. The minimum Gasteiger partial charge on any atom is -0.406 e. The molecule has 4 rings (SSSR count). The monoisotopic (exact) mass is 504 g/mol. The van der Waals surface area contributed by atoms with E-state index in [2.05, 4.69) is 11.7 Å². The lowest BCUT2D eigenvalue weighted by Crippen LogP contribution is -2.16. The minimum atomic E-state index is -4.78. The molecule has 0 unspecified atom stereocenters. The Bertz CT molecular complexity index is 1140. The quantitative estimate of drug-likeness (QED) is 0.208. The average molecular weight is 505 g/mol. The van der Waals surface area contributed by atoms with Gasteiger partial charge in [-0.3, -0.25) is 0 Å². The lowest BCUT2D eigenvalue weighted by Gasteiger charge is -2.28. The number of hydrogen-bond acceptors (Lipinski definition) is 1. The number of unbranched alkanes of at least 4 members (excludes halogenated alkanes) is 2. The lowest BCUT2D eigenvalue weighted by molar-refractivity contribution is -0.274. The maximum atomic E-state index is 15.0. The van der Waals surface area contributed by atoms with E-state index in [4.69, 9.17) is 0 Å². The van der Waals surface area contributed by atoms with Gasteiger partial charge in [-0.1, -0.05) is 76.5 Å². The second-order valence-electron chi connectivity index (χ2n) is 10.1. The molecule has 0 saturated heterocycles. The summed E-state index contributed by atoms with van der Waals surface area (Å²) in [5.41, 5.74) is 0.882. The molecule has 0 aliphatic heterocycles. The van der Waals surface area contributed by atoms with Gasteiger partial charge in [-0.15, -0.1) is 13.2 Å². The Morgan fingerprint density at radius 2 is 1.39 bits per heavy atom. The van der Waals surface area contributed by atoms with E-state index < -0.39 is 18.0 Å². The van der Waals surface area contributed by atoms with E-state index in [9.17, 15) is 13.2 Å². The molecule has 36 heavy (non-hydrogen) atoms. The zero-order valence-corrected chi connectivity index (χ0v) is 20.6. The number of rotatable bonds is 9. The first-order valence-electron chi connectivity index (χ1n) is 13.0. The van der Waals surface area contributed by atoms with Crippen LogP contribution in [0.15, 0.2) is 48.5 Å². The SMILES string of the molecule is CCCCC[C@H]1CC[C@H](CCc2cc(F)c(-c3ccc4cc(OC(F)(F)F)ccc4c3)c(F)c2)CC1. The second-order valence-corrected chi connectivity index (χ2v) is 10.1. The van der Waals surface area contributed by atoms with Crippen LogP contribution in [-0.2, 0) is 6.42 Å². The Hall–Kier alpha value is -2.63. The number of hydrogen-bond donors (Lipinski definition) is 0. The van der Waals surface area contributed by atoms with E-state index in [1.54, 1.807) is 12.1 Å². The number of halogens is 5. The van der Waals surface area contributed by atoms with Crippen LogP contribution in [0.4, 0.5) is 22.0 Å². The fraction of sp³-hybridized carbons (Fsp3) is 0.467. The van der Waals surface area contributed by atoms with Crippen LogP contribution in [0.25, 0.3) is 21.9 Å². The van der Waals surface area contributed by atoms with Crippen LogP contribution in [0.5, 0.6) is 5.75 Å². The van der Waals surface area contributed by atoms with Crippen LogP contribution in [0.3, 0.4) is 0 Å². The zero-order chi connectivity index (χ0) is 25.7. The fourth-order valence-corrected chi connectivity index (χ4v) is 5.48.